The van der Waals surface area contributed by atoms with E-state index in [1.54, 1.807) is 0 Å². The Morgan fingerprint density at radius 3 is 2.95 bits per heavy atom. The summed E-state index contributed by atoms with van der Waals surface area (Å²) in [4.78, 5) is 5.21. The van der Waals surface area contributed by atoms with Gasteiger partial charge in [-0.25, -0.2) is 0 Å². The molecule has 0 amide bonds. The minimum Gasteiger partial charge on any atom is -0.366 e. The molecular formula is C16H23ClN2. The summed E-state index contributed by atoms with van der Waals surface area (Å²) in [7, 11) is 0. The normalized spacial score (nSPS) is 23.1. The number of aryl methyl sites for hydroxylation is 2. The molecular weight excluding hydrogens is 256 g/mol. The van der Waals surface area contributed by atoms with Gasteiger partial charge in [0.1, 0.15) is 0 Å². The second kappa shape index (κ2) is 5.34. The Morgan fingerprint density at radius 1 is 1.32 bits per heavy atom. The predicted octanol–water partition coefficient (Wildman–Crippen LogP) is 3.50. The van der Waals surface area contributed by atoms with Crippen LogP contribution in [0, 0.1) is 6.92 Å². The van der Waals surface area contributed by atoms with Gasteiger partial charge in [0.2, 0.25) is 0 Å². The Morgan fingerprint density at radius 2 is 2.16 bits per heavy atom. The van der Waals surface area contributed by atoms with Gasteiger partial charge in [0.15, 0.2) is 0 Å². The predicted molar refractivity (Wildman–Crippen MR) is 82.4 cm³/mol. The van der Waals surface area contributed by atoms with E-state index in [1.165, 1.54) is 55.7 Å². The maximum absolute atomic E-state index is 6.32. The van der Waals surface area contributed by atoms with Crippen LogP contribution in [-0.2, 0) is 6.42 Å². The van der Waals surface area contributed by atoms with Crippen molar-refractivity contribution < 1.29 is 0 Å². The lowest BCUT2D eigenvalue weighted by Gasteiger charge is -2.46. The first-order valence-corrected chi connectivity index (χ1v) is 7.85. The number of nitrogens with zero attached hydrogens (tertiary/aromatic N) is 2. The van der Waals surface area contributed by atoms with Crippen molar-refractivity contribution in [3.8, 4) is 0 Å². The number of anilines is 1. The second-order valence-corrected chi connectivity index (χ2v) is 6.32. The third kappa shape index (κ3) is 2.48. The summed E-state index contributed by atoms with van der Waals surface area (Å²) in [5.74, 6) is 0. The molecule has 2 aliphatic rings. The summed E-state index contributed by atoms with van der Waals surface area (Å²) >= 11 is 6.32. The number of rotatable bonds is 2. The van der Waals surface area contributed by atoms with Gasteiger partial charge in [-0.15, -0.1) is 0 Å². The van der Waals surface area contributed by atoms with E-state index in [-0.39, 0.29) is 0 Å². The highest BCUT2D eigenvalue weighted by Gasteiger charge is 2.31. The van der Waals surface area contributed by atoms with Crippen LogP contribution in [0.5, 0.6) is 0 Å². The second-order valence-electron chi connectivity index (χ2n) is 5.92. The van der Waals surface area contributed by atoms with Crippen LogP contribution in [0.1, 0.15) is 30.9 Å². The van der Waals surface area contributed by atoms with Gasteiger partial charge in [-0.1, -0.05) is 24.6 Å². The highest BCUT2D eigenvalue weighted by atomic mass is 35.5. The number of halogens is 1. The van der Waals surface area contributed by atoms with E-state index in [4.69, 9.17) is 11.6 Å². The molecule has 2 heterocycles. The third-order valence-electron chi connectivity index (χ3n) is 4.52. The van der Waals surface area contributed by atoms with Crippen molar-refractivity contribution in [2.75, 3.05) is 31.1 Å². The van der Waals surface area contributed by atoms with Gasteiger partial charge >= 0.3 is 0 Å². The fourth-order valence-electron chi connectivity index (χ4n) is 3.52. The molecule has 1 unspecified atom stereocenters. The van der Waals surface area contributed by atoms with Gasteiger partial charge in [-0.3, -0.25) is 4.90 Å². The van der Waals surface area contributed by atoms with E-state index in [9.17, 15) is 0 Å². The van der Waals surface area contributed by atoms with Crippen molar-refractivity contribution in [2.45, 2.75) is 39.2 Å². The van der Waals surface area contributed by atoms with Crippen LogP contribution in [0.15, 0.2) is 12.1 Å². The maximum Gasteiger partial charge on any atom is 0.0455 e. The molecule has 2 nitrogen and oxygen atoms in total. The van der Waals surface area contributed by atoms with Gasteiger partial charge < -0.3 is 4.90 Å². The molecule has 0 N–H and O–H groups in total. The molecule has 0 aliphatic carbocycles. The van der Waals surface area contributed by atoms with E-state index in [0.29, 0.717) is 6.04 Å². The minimum atomic E-state index is 0.687. The van der Waals surface area contributed by atoms with Crippen molar-refractivity contribution in [3.05, 3.63) is 28.3 Å². The van der Waals surface area contributed by atoms with Crippen LogP contribution >= 0.6 is 11.6 Å². The number of piperazine rings is 1. The van der Waals surface area contributed by atoms with Gasteiger partial charge in [0.25, 0.3) is 0 Å². The molecule has 2 aliphatic heterocycles. The lowest BCUT2D eigenvalue weighted by atomic mass is 9.92. The maximum atomic E-state index is 6.32. The fourth-order valence-corrected chi connectivity index (χ4v) is 3.68. The molecule has 0 aromatic heterocycles. The highest BCUT2D eigenvalue weighted by Crippen LogP contribution is 2.36. The zero-order valence-corrected chi connectivity index (χ0v) is 12.7. The van der Waals surface area contributed by atoms with Gasteiger partial charge in [0.05, 0.1) is 0 Å². The third-order valence-corrected chi connectivity index (χ3v) is 4.93. The standard InChI is InChI=1S/C16H23ClN2/c1-3-6-18-7-8-19-14(11-18)5-4-13-9-12(2)15(17)10-16(13)19/h9-10,14H,3-8,11H2,1-2H3. The Balaban J connectivity index is 1.84. The van der Waals surface area contributed by atoms with E-state index in [1.807, 2.05) is 0 Å². The smallest absolute Gasteiger partial charge is 0.0455 e. The summed E-state index contributed by atoms with van der Waals surface area (Å²) in [6.07, 6.45) is 3.75. The molecule has 1 aromatic carbocycles. The van der Waals surface area contributed by atoms with E-state index in [0.717, 1.165) is 11.6 Å². The van der Waals surface area contributed by atoms with Crippen LogP contribution in [0.4, 0.5) is 5.69 Å². The number of fused-ring (bicyclic) bond motifs is 3. The van der Waals surface area contributed by atoms with Gasteiger partial charge in [0, 0.05) is 36.4 Å². The molecule has 104 valence electrons. The molecule has 0 saturated carbocycles. The van der Waals surface area contributed by atoms with E-state index in [2.05, 4.69) is 35.8 Å². The fraction of sp³-hybridized carbons (Fsp3) is 0.625. The van der Waals surface area contributed by atoms with Crippen LogP contribution < -0.4 is 4.90 Å². The van der Waals surface area contributed by atoms with Crippen molar-refractivity contribution in [1.82, 2.24) is 4.90 Å². The highest BCUT2D eigenvalue weighted by molar-refractivity contribution is 6.31. The summed E-state index contributed by atoms with van der Waals surface area (Å²) < 4.78 is 0. The molecule has 1 fully saturated rings. The molecule has 3 heteroatoms. The molecule has 3 rings (SSSR count). The first-order chi connectivity index (χ1) is 9.19. The quantitative estimate of drug-likeness (QED) is 0.817. The Kier molecular flexibility index (Phi) is 3.72. The Bertz CT molecular complexity index is 472. The molecule has 19 heavy (non-hydrogen) atoms. The zero-order valence-electron chi connectivity index (χ0n) is 12.0. The largest absolute Gasteiger partial charge is 0.366 e. The molecule has 1 atom stereocenters. The van der Waals surface area contributed by atoms with Crippen LogP contribution in [0.2, 0.25) is 5.02 Å². The molecule has 0 radical (unpaired) electrons. The van der Waals surface area contributed by atoms with Gasteiger partial charge in [-0.05, 0) is 49.9 Å². The van der Waals surface area contributed by atoms with E-state index < -0.39 is 0 Å². The first kappa shape index (κ1) is 13.3. The monoisotopic (exact) mass is 278 g/mol. The topological polar surface area (TPSA) is 6.48 Å². The van der Waals surface area contributed by atoms with Crippen LogP contribution in [0.25, 0.3) is 0 Å². The van der Waals surface area contributed by atoms with Crippen LogP contribution in [-0.4, -0.2) is 37.1 Å². The van der Waals surface area contributed by atoms with Gasteiger partial charge in [-0.2, -0.15) is 0 Å². The Hall–Kier alpha value is -0.730. The average Bonchev–Trinajstić information content (AvgIpc) is 2.40. The van der Waals surface area contributed by atoms with E-state index >= 15 is 0 Å². The Labute approximate surface area is 121 Å². The zero-order chi connectivity index (χ0) is 13.4. The summed E-state index contributed by atoms with van der Waals surface area (Å²) in [5.41, 5.74) is 4.09. The van der Waals surface area contributed by atoms with Crippen molar-refractivity contribution >= 4 is 17.3 Å². The number of hydrogen-bond acceptors (Lipinski definition) is 2. The summed E-state index contributed by atoms with van der Waals surface area (Å²) in [5, 5.41) is 0.912. The first-order valence-electron chi connectivity index (χ1n) is 7.47. The number of hydrogen-bond donors (Lipinski definition) is 0. The molecule has 1 saturated heterocycles. The lowest BCUT2D eigenvalue weighted by Crippen LogP contribution is -2.55. The number of benzene rings is 1. The molecule has 1 aromatic rings. The summed E-state index contributed by atoms with van der Waals surface area (Å²) in [6, 6.07) is 5.16. The lowest BCUT2D eigenvalue weighted by molar-refractivity contribution is 0.214. The molecule has 0 bridgehead atoms. The average molecular weight is 279 g/mol. The summed E-state index contributed by atoms with van der Waals surface area (Å²) in [6.45, 7) is 9.18. The minimum absolute atomic E-state index is 0.687. The van der Waals surface area contributed by atoms with Crippen molar-refractivity contribution in [1.29, 1.82) is 0 Å². The van der Waals surface area contributed by atoms with Crippen molar-refractivity contribution in [2.24, 2.45) is 0 Å². The van der Waals surface area contributed by atoms with Crippen molar-refractivity contribution in [3.63, 3.8) is 0 Å². The van der Waals surface area contributed by atoms with Crippen LogP contribution in [0.3, 0.4) is 0 Å². The SMILES string of the molecule is CCCN1CCN2c3cc(Cl)c(C)cc3CCC2C1. The molecule has 0 spiro atoms.